The van der Waals surface area contributed by atoms with Crippen molar-refractivity contribution < 1.29 is 18.4 Å². The quantitative estimate of drug-likeness (QED) is 0.449. The van der Waals surface area contributed by atoms with Crippen molar-refractivity contribution in [1.82, 2.24) is 24.8 Å². The van der Waals surface area contributed by atoms with Crippen LogP contribution in [-0.2, 0) is 4.79 Å². The van der Waals surface area contributed by atoms with Gasteiger partial charge in [-0.2, -0.15) is 0 Å². The molecular formula is C29H31F2N7O3. The van der Waals surface area contributed by atoms with Gasteiger partial charge < -0.3 is 20.4 Å². The van der Waals surface area contributed by atoms with Crippen molar-refractivity contribution in [2.45, 2.75) is 43.7 Å². The Hall–Kier alpha value is -4.48. The molecule has 2 fully saturated rings. The molecule has 3 aliphatic heterocycles. The Morgan fingerprint density at radius 2 is 1.80 bits per heavy atom. The standard InChI is InChI=1S/C29H31F2N7O3/c30-22-4-1-3-21(25(22)31)18-6-7-23(27(39)37(17-18)19-8-13-32-14-9-19)34-28(40)36-15-10-20(11-16-36)38-24-5-2-12-33-26(24)35-29(38)41/h1-5,8-9,13-14,18,20,23,33H,6-7,10-12,15-17H2,(H,34,40)(H,35,41)/t18-,23-/m1/s1. The minimum Gasteiger partial charge on any atom is -0.366 e. The first-order valence-corrected chi connectivity index (χ1v) is 13.9. The number of imidazole rings is 1. The van der Waals surface area contributed by atoms with Crippen molar-refractivity contribution in [3.8, 4) is 0 Å². The number of urea groups is 1. The van der Waals surface area contributed by atoms with E-state index >= 15 is 0 Å². The number of hydrogen-bond acceptors (Lipinski definition) is 5. The summed E-state index contributed by atoms with van der Waals surface area (Å²) >= 11 is 0. The molecule has 214 valence electrons. The number of carbonyl (C=O) groups is 2. The van der Waals surface area contributed by atoms with Crippen LogP contribution in [0.5, 0.6) is 0 Å². The molecule has 0 aliphatic carbocycles. The first kappa shape index (κ1) is 26.7. The molecule has 3 N–H and O–H groups in total. The first-order valence-electron chi connectivity index (χ1n) is 13.9. The minimum absolute atomic E-state index is 0.0558. The number of anilines is 2. The van der Waals surface area contributed by atoms with Gasteiger partial charge in [-0.15, -0.1) is 0 Å². The molecule has 0 radical (unpaired) electrons. The summed E-state index contributed by atoms with van der Waals surface area (Å²) in [5, 5.41) is 6.07. The lowest BCUT2D eigenvalue weighted by Gasteiger charge is -2.34. The largest absolute Gasteiger partial charge is 0.366 e. The van der Waals surface area contributed by atoms with E-state index in [1.54, 1.807) is 40.1 Å². The van der Waals surface area contributed by atoms with E-state index in [1.807, 2.05) is 12.2 Å². The summed E-state index contributed by atoms with van der Waals surface area (Å²) in [5.74, 6) is -1.92. The summed E-state index contributed by atoms with van der Waals surface area (Å²) in [6.45, 7) is 1.64. The Bertz CT molecular complexity index is 1530. The summed E-state index contributed by atoms with van der Waals surface area (Å²) in [7, 11) is 0. The molecule has 41 heavy (non-hydrogen) atoms. The molecule has 3 amide bonds. The van der Waals surface area contributed by atoms with Crippen LogP contribution in [0.3, 0.4) is 0 Å². The van der Waals surface area contributed by atoms with Crippen LogP contribution in [0.15, 0.2) is 53.6 Å². The Morgan fingerprint density at radius 3 is 2.59 bits per heavy atom. The Morgan fingerprint density at radius 1 is 1.02 bits per heavy atom. The molecule has 2 atom stereocenters. The second-order valence-corrected chi connectivity index (χ2v) is 10.6. The number of amides is 3. The van der Waals surface area contributed by atoms with Gasteiger partial charge in [-0.1, -0.05) is 18.2 Å². The summed E-state index contributed by atoms with van der Waals surface area (Å²) in [6, 6.07) is 6.17. The number of aromatic nitrogens is 3. The molecule has 0 saturated carbocycles. The lowest BCUT2D eigenvalue weighted by atomic mass is 9.93. The molecule has 6 rings (SSSR count). The van der Waals surface area contributed by atoms with E-state index in [0.717, 1.165) is 11.8 Å². The number of piperidine rings is 1. The summed E-state index contributed by atoms with van der Waals surface area (Å²) in [4.78, 5) is 49.7. The van der Waals surface area contributed by atoms with Crippen molar-refractivity contribution in [3.63, 3.8) is 0 Å². The van der Waals surface area contributed by atoms with Crippen LogP contribution in [0.25, 0.3) is 6.08 Å². The highest BCUT2D eigenvalue weighted by atomic mass is 19.2. The summed E-state index contributed by atoms with van der Waals surface area (Å²) in [6.07, 6.45) is 8.84. The predicted molar refractivity (Wildman–Crippen MR) is 150 cm³/mol. The molecule has 10 nitrogen and oxygen atoms in total. The monoisotopic (exact) mass is 563 g/mol. The SMILES string of the molecule is O=C(N[C@@H]1CC[C@@H](c2cccc(F)c2F)CN(c2ccncc2)C1=O)N1CCC(n2c3c([nH]c2=O)NCC=C3)CC1. The number of H-pyrrole nitrogens is 1. The van der Waals surface area contributed by atoms with Gasteiger partial charge in [0.25, 0.3) is 0 Å². The number of benzene rings is 1. The number of halogens is 2. The van der Waals surface area contributed by atoms with E-state index in [9.17, 15) is 23.2 Å². The summed E-state index contributed by atoms with van der Waals surface area (Å²) < 4.78 is 30.6. The fourth-order valence-corrected chi connectivity index (χ4v) is 6.08. The van der Waals surface area contributed by atoms with E-state index in [2.05, 4.69) is 20.6 Å². The number of fused-ring (bicyclic) bond motifs is 1. The topological polar surface area (TPSA) is 115 Å². The number of likely N-dealkylation sites (tertiary alicyclic amines) is 1. The number of carbonyl (C=O) groups excluding carboxylic acids is 2. The zero-order valence-corrected chi connectivity index (χ0v) is 22.4. The molecule has 3 aromatic rings. The Kier molecular flexibility index (Phi) is 7.29. The van der Waals surface area contributed by atoms with Crippen LogP contribution in [0.2, 0.25) is 0 Å². The van der Waals surface area contributed by atoms with E-state index in [1.165, 1.54) is 11.0 Å². The fourth-order valence-electron chi connectivity index (χ4n) is 6.08. The van der Waals surface area contributed by atoms with Crippen LogP contribution in [0.4, 0.5) is 25.1 Å². The fraction of sp³-hybridized carbons (Fsp3) is 0.379. The summed E-state index contributed by atoms with van der Waals surface area (Å²) in [5.41, 5.74) is 1.41. The van der Waals surface area contributed by atoms with Gasteiger partial charge in [0, 0.05) is 56.2 Å². The zero-order valence-electron chi connectivity index (χ0n) is 22.4. The van der Waals surface area contributed by atoms with Crippen molar-refractivity contribution >= 4 is 29.5 Å². The molecule has 0 bridgehead atoms. The normalized spacial score (nSPS) is 21.3. The third-order valence-electron chi connectivity index (χ3n) is 8.22. The van der Waals surface area contributed by atoms with Gasteiger partial charge in [0.05, 0.1) is 5.69 Å². The first-order chi connectivity index (χ1) is 19.9. The van der Waals surface area contributed by atoms with Gasteiger partial charge in [-0.3, -0.25) is 19.3 Å². The van der Waals surface area contributed by atoms with Crippen LogP contribution in [0.1, 0.15) is 48.9 Å². The van der Waals surface area contributed by atoms with Crippen LogP contribution < -0.4 is 21.2 Å². The van der Waals surface area contributed by atoms with Gasteiger partial charge >= 0.3 is 11.7 Å². The van der Waals surface area contributed by atoms with Crippen molar-refractivity contribution in [2.24, 2.45) is 0 Å². The van der Waals surface area contributed by atoms with Gasteiger partial charge in [0.2, 0.25) is 5.91 Å². The highest BCUT2D eigenvalue weighted by molar-refractivity contribution is 5.99. The van der Waals surface area contributed by atoms with E-state index in [0.29, 0.717) is 50.4 Å². The number of nitrogens with zero attached hydrogens (tertiary/aromatic N) is 4. The van der Waals surface area contributed by atoms with Crippen LogP contribution >= 0.6 is 0 Å². The predicted octanol–water partition coefficient (Wildman–Crippen LogP) is 3.61. The van der Waals surface area contributed by atoms with Crippen molar-refractivity contribution in [3.05, 3.63) is 82.2 Å². The number of pyridine rings is 1. The van der Waals surface area contributed by atoms with Crippen LogP contribution in [0, 0.1) is 11.6 Å². The average Bonchev–Trinajstić information content (AvgIpc) is 3.25. The van der Waals surface area contributed by atoms with Gasteiger partial charge in [-0.25, -0.2) is 18.4 Å². The molecule has 3 aliphatic rings. The lowest BCUT2D eigenvalue weighted by Crippen LogP contribution is -2.53. The molecule has 2 aromatic heterocycles. The van der Waals surface area contributed by atoms with Crippen molar-refractivity contribution in [2.75, 3.05) is 36.4 Å². The van der Waals surface area contributed by atoms with Gasteiger partial charge in [0.1, 0.15) is 11.9 Å². The third-order valence-corrected chi connectivity index (χ3v) is 8.22. The smallest absolute Gasteiger partial charge is 0.327 e. The molecule has 2 saturated heterocycles. The third kappa shape index (κ3) is 5.21. The lowest BCUT2D eigenvalue weighted by molar-refractivity contribution is -0.120. The maximum Gasteiger partial charge on any atom is 0.327 e. The molecule has 5 heterocycles. The molecule has 0 spiro atoms. The van der Waals surface area contributed by atoms with E-state index in [-0.39, 0.29) is 42.2 Å². The van der Waals surface area contributed by atoms with Gasteiger partial charge in [-0.05, 0) is 55.5 Å². The molecule has 12 heteroatoms. The molecule has 1 aromatic carbocycles. The minimum atomic E-state index is -0.934. The highest BCUT2D eigenvalue weighted by Crippen LogP contribution is 2.32. The maximum atomic E-state index is 14.8. The van der Waals surface area contributed by atoms with E-state index in [4.69, 9.17) is 0 Å². The van der Waals surface area contributed by atoms with Gasteiger partial charge in [0.15, 0.2) is 11.6 Å². The van der Waals surface area contributed by atoms with E-state index < -0.39 is 23.6 Å². The maximum absolute atomic E-state index is 14.8. The Balaban J connectivity index is 1.16. The number of hydrogen-bond donors (Lipinski definition) is 3. The number of aromatic amines is 1. The van der Waals surface area contributed by atoms with Crippen LogP contribution in [-0.4, -0.2) is 63.6 Å². The number of nitrogens with one attached hydrogen (secondary N) is 3. The highest BCUT2D eigenvalue weighted by Gasteiger charge is 2.36. The average molecular weight is 564 g/mol. The Labute approximate surface area is 235 Å². The second-order valence-electron chi connectivity index (χ2n) is 10.6. The van der Waals surface area contributed by atoms with Crippen molar-refractivity contribution in [1.29, 1.82) is 0 Å². The second kappa shape index (κ2) is 11.2. The molecule has 0 unspecified atom stereocenters. The number of rotatable bonds is 4. The zero-order chi connectivity index (χ0) is 28.5. The molecular weight excluding hydrogens is 532 g/mol.